The van der Waals surface area contributed by atoms with Gasteiger partial charge < -0.3 is 10.1 Å². The topological polar surface area (TPSA) is 41.6 Å². The molecule has 0 bridgehead atoms. The molecular formula is C22H27ClN2O2. The summed E-state index contributed by atoms with van der Waals surface area (Å²) in [6, 6.07) is 13.9. The average Bonchev–Trinajstić information content (AvgIpc) is 2.70. The van der Waals surface area contributed by atoms with E-state index in [1.807, 2.05) is 0 Å². The number of methoxy groups -OCH3 is 1. The van der Waals surface area contributed by atoms with E-state index < -0.39 is 0 Å². The van der Waals surface area contributed by atoms with Gasteiger partial charge in [0.1, 0.15) is 5.75 Å². The van der Waals surface area contributed by atoms with E-state index in [0.29, 0.717) is 22.9 Å². The van der Waals surface area contributed by atoms with Crippen molar-refractivity contribution in [3.63, 3.8) is 0 Å². The number of likely N-dealkylation sites (tertiary alicyclic amines) is 1. The van der Waals surface area contributed by atoms with Crippen molar-refractivity contribution in [2.75, 3.05) is 26.7 Å². The number of ether oxygens (including phenoxy) is 1. The molecule has 4 nitrogen and oxygen atoms in total. The zero-order valence-electron chi connectivity index (χ0n) is 16.0. The van der Waals surface area contributed by atoms with Gasteiger partial charge in [-0.1, -0.05) is 47.9 Å². The van der Waals surface area contributed by atoms with Gasteiger partial charge in [-0.05, 0) is 56.6 Å². The van der Waals surface area contributed by atoms with Crippen molar-refractivity contribution < 1.29 is 9.53 Å². The first-order chi connectivity index (χ1) is 13.1. The molecule has 0 spiro atoms. The van der Waals surface area contributed by atoms with Crippen LogP contribution in [0.3, 0.4) is 0 Å². The van der Waals surface area contributed by atoms with Crippen molar-refractivity contribution in [3.8, 4) is 5.75 Å². The van der Waals surface area contributed by atoms with Crippen molar-refractivity contribution in [1.29, 1.82) is 0 Å². The van der Waals surface area contributed by atoms with Gasteiger partial charge in [-0.25, -0.2) is 0 Å². The van der Waals surface area contributed by atoms with Gasteiger partial charge in [0.05, 0.1) is 18.2 Å². The van der Waals surface area contributed by atoms with E-state index in [-0.39, 0.29) is 11.9 Å². The first-order valence-corrected chi connectivity index (χ1v) is 9.88. The summed E-state index contributed by atoms with van der Waals surface area (Å²) in [5, 5.41) is 3.54. The van der Waals surface area contributed by atoms with E-state index in [4.69, 9.17) is 16.3 Å². The zero-order chi connectivity index (χ0) is 19.2. The molecule has 2 aromatic carbocycles. The van der Waals surface area contributed by atoms with Gasteiger partial charge in [0.15, 0.2) is 0 Å². The molecule has 0 aliphatic carbocycles. The number of piperidine rings is 1. The number of hydrogen-bond donors (Lipinski definition) is 1. The van der Waals surface area contributed by atoms with Crippen molar-refractivity contribution >= 4 is 17.5 Å². The Kier molecular flexibility index (Phi) is 6.75. The quantitative estimate of drug-likeness (QED) is 0.787. The van der Waals surface area contributed by atoms with Crippen LogP contribution in [0.25, 0.3) is 0 Å². The second-order valence-electron chi connectivity index (χ2n) is 7.08. The molecule has 0 unspecified atom stereocenters. The lowest BCUT2D eigenvalue weighted by Gasteiger charge is -2.35. The van der Waals surface area contributed by atoms with Crippen LogP contribution in [0.1, 0.15) is 46.8 Å². The third-order valence-corrected chi connectivity index (χ3v) is 5.46. The Labute approximate surface area is 166 Å². The maximum absolute atomic E-state index is 12.6. The second-order valence-corrected chi connectivity index (χ2v) is 7.49. The minimum Gasteiger partial charge on any atom is -0.495 e. The molecule has 1 aliphatic rings. The molecule has 0 saturated carbocycles. The maximum Gasteiger partial charge on any atom is 0.251 e. The van der Waals surface area contributed by atoms with Crippen LogP contribution in [0, 0.1) is 6.92 Å². The van der Waals surface area contributed by atoms with Gasteiger partial charge >= 0.3 is 0 Å². The Morgan fingerprint density at radius 2 is 1.85 bits per heavy atom. The van der Waals surface area contributed by atoms with E-state index in [1.165, 1.54) is 30.4 Å². The average molecular weight is 387 g/mol. The number of amides is 1. The highest BCUT2D eigenvalue weighted by molar-refractivity contribution is 6.32. The van der Waals surface area contributed by atoms with Gasteiger partial charge in [-0.2, -0.15) is 0 Å². The number of hydrogen-bond acceptors (Lipinski definition) is 3. The maximum atomic E-state index is 12.6. The summed E-state index contributed by atoms with van der Waals surface area (Å²) in [4.78, 5) is 15.1. The Morgan fingerprint density at radius 1 is 1.15 bits per heavy atom. The second kappa shape index (κ2) is 9.25. The van der Waals surface area contributed by atoms with E-state index in [1.54, 1.807) is 25.3 Å². The van der Waals surface area contributed by atoms with Crippen LogP contribution in [0.2, 0.25) is 5.02 Å². The summed E-state index contributed by atoms with van der Waals surface area (Å²) >= 11 is 6.16. The predicted octanol–water partition coefficient (Wildman–Crippen LogP) is 4.61. The fourth-order valence-electron chi connectivity index (χ4n) is 3.58. The number of carbonyl (C=O) groups is 1. The summed E-state index contributed by atoms with van der Waals surface area (Å²) in [7, 11) is 1.56. The van der Waals surface area contributed by atoms with Gasteiger partial charge in [0.25, 0.3) is 5.91 Å². The Morgan fingerprint density at radius 3 is 2.48 bits per heavy atom. The Hall–Kier alpha value is -2.04. The molecule has 1 amide bonds. The SMILES string of the molecule is COc1ccc(C(=O)NC[C@@H](c2ccc(C)cc2)N2CCCCC2)cc1Cl. The van der Waals surface area contributed by atoms with Gasteiger partial charge in [-0.15, -0.1) is 0 Å². The van der Waals surface area contributed by atoms with Crippen LogP contribution >= 0.6 is 11.6 Å². The highest BCUT2D eigenvalue weighted by atomic mass is 35.5. The summed E-state index contributed by atoms with van der Waals surface area (Å²) in [5.74, 6) is 0.452. The van der Waals surface area contributed by atoms with Gasteiger partial charge in [-0.3, -0.25) is 9.69 Å². The third-order valence-electron chi connectivity index (χ3n) is 5.16. The summed E-state index contributed by atoms with van der Waals surface area (Å²) in [5.41, 5.74) is 3.03. The molecule has 2 aromatic rings. The zero-order valence-corrected chi connectivity index (χ0v) is 16.8. The third kappa shape index (κ3) is 5.02. The van der Waals surface area contributed by atoms with Gasteiger partial charge in [0, 0.05) is 12.1 Å². The lowest BCUT2D eigenvalue weighted by atomic mass is 10.0. The molecule has 1 fully saturated rings. The highest BCUT2D eigenvalue weighted by Crippen LogP contribution is 2.26. The van der Waals surface area contributed by atoms with Gasteiger partial charge in [0.2, 0.25) is 0 Å². The van der Waals surface area contributed by atoms with Crippen LogP contribution in [0.4, 0.5) is 0 Å². The van der Waals surface area contributed by atoms with Crippen LogP contribution in [-0.4, -0.2) is 37.6 Å². The highest BCUT2D eigenvalue weighted by Gasteiger charge is 2.23. The molecular weight excluding hydrogens is 360 g/mol. The molecule has 1 aliphatic heterocycles. The monoisotopic (exact) mass is 386 g/mol. The van der Waals surface area contributed by atoms with E-state index >= 15 is 0 Å². The molecule has 3 rings (SSSR count). The molecule has 0 radical (unpaired) electrons. The van der Waals surface area contributed by atoms with E-state index in [9.17, 15) is 4.79 Å². The fraction of sp³-hybridized carbons (Fsp3) is 0.409. The number of halogens is 1. The van der Waals surface area contributed by atoms with Crippen molar-refractivity contribution in [2.24, 2.45) is 0 Å². The molecule has 1 saturated heterocycles. The minimum atomic E-state index is -0.117. The summed E-state index contributed by atoms with van der Waals surface area (Å²) in [6.45, 7) is 4.81. The molecule has 1 N–H and O–H groups in total. The van der Waals surface area contributed by atoms with Crippen molar-refractivity contribution in [1.82, 2.24) is 10.2 Å². The molecule has 27 heavy (non-hydrogen) atoms. The number of carbonyl (C=O) groups excluding carboxylic acids is 1. The number of benzene rings is 2. The largest absolute Gasteiger partial charge is 0.495 e. The number of nitrogens with one attached hydrogen (secondary N) is 1. The summed E-state index contributed by atoms with van der Waals surface area (Å²) < 4.78 is 5.15. The summed E-state index contributed by atoms with van der Waals surface area (Å²) in [6.07, 6.45) is 3.71. The number of rotatable bonds is 6. The van der Waals surface area contributed by atoms with E-state index in [0.717, 1.165) is 13.1 Å². The molecule has 0 aromatic heterocycles. The normalized spacial score (nSPS) is 16.0. The number of aryl methyl sites for hydroxylation is 1. The molecule has 1 atom stereocenters. The first-order valence-electron chi connectivity index (χ1n) is 9.51. The van der Waals surface area contributed by atoms with Crippen LogP contribution in [-0.2, 0) is 0 Å². The van der Waals surface area contributed by atoms with E-state index in [2.05, 4.69) is 41.4 Å². The molecule has 144 valence electrons. The number of nitrogens with zero attached hydrogens (tertiary/aromatic N) is 1. The Bertz CT molecular complexity index is 770. The fourth-order valence-corrected chi connectivity index (χ4v) is 3.83. The first kappa shape index (κ1) is 19.7. The minimum absolute atomic E-state index is 0.117. The van der Waals surface area contributed by atoms with Crippen LogP contribution < -0.4 is 10.1 Å². The lowest BCUT2D eigenvalue weighted by molar-refractivity contribution is 0.0924. The Balaban J connectivity index is 1.72. The van der Waals surface area contributed by atoms with Crippen LogP contribution in [0.5, 0.6) is 5.75 Å². The lowest BCUT2D eigenvalue weighted by Crippen LogP contribution is -2.40. The van der Waals surface area contributed by atoms with Crippen LogP contribution in [0.15, 0.2) is 42.5 Å². The van der Waals surface area contributed by atoms with Crippen molar-refractivity contribution in [2.45, 2.75) is 32.2 Å². The molecule has 1 heterocycles. The standard InChI is InChI=1S/C22H27ClN2O2/c1-16-6-8-17(9-7-16)20(25-12-4-3-5-13-25)15-24-22(26)18-10-11-21(27-2)19(23)14-18/h6-11,14,20H,3-5,12-13,15H2,1-2H3,(H,24,26)/t20-/m0/s1. The smallest absolute Gasteiger partial charge is 0.251 e. The molecule has 5 heteroatoms. The predicted molar refractivity (Wildman–Crippen MR) is 110 cm³/mol. The van der Waals surface area contributed by atoms with Crippen molar-refractivity contribution in [3.05, 3.63) is 64.2 Å².